The van der Waals surface area contributed by atoms with Crippen LogP contribution >= 0.6 is 0 Å². The quantitative estimate of drug-likeness (QED) is 0.923. The van der Waals surface area contributed by atoms with Crippen LogP contribution in [0.25, 0.3) is 5.69 Å². The second-order valence-corrected chi connectivity index (χ2v) is 4.57. The Kier molecular flexibility index (Phi) is 3.85. The van der Waals surface area contributed by atoms with Gasteiger partial charge in [-0.3, -0.25) is 0 Å². The number of methoxy groups -OCH3 is 1. The largest absolute Gasteiger partial charge is 0.481 e. The van der Waals surface area contributed by atoms with E-state index in [0.29, 0.717) is 17.1 Å². The molecule has 2 rings (SSSR count). The molecule has 0 fully saturated rings. The molecule has 4 nitrogen and oxygen atoms in total. The lowest BCUT2D eigenvalue weighted by atomic mass is 10.1. The topological polar surface area (TPSA) is 47.3 Å². The lowest BCUT2D eigenvalue weighted by Crippen LogP contribution is -2.01. The molecular formula is C14H17FN2O2. The van der Waals surface area contributed by atoms with Crippen LogP contribution in [0.1, 0.15) is 31.0 Å². The first-order chi connectivity index (χ1) is 9.08. The number of halogens is 1. The summed E-state index contributed by atoms with van der Waals surface area (Å²) in [6.07, 6.45) is 0. The zero-order chi connectivity index (χ0) is 14.0. The Hall–Kier alpha value is -1.88. The van der Waals surface area contributed by atoms with Gasteiger partial charge in [-0.05, 0) is 30.2 Å². The molecular weight excluding hydrogens is 247 g/mol. The van der Waals surface area contributed by atoms with Gasteiger partial charge in [0.2, 0.25) is 5.88 Å². The van der Waals surface area contributed by atoms with Gasteiger partial charge >= 0.3 is 0 Å². The number of hydrogen-bond donors (Lipinski definition) is 1. The lowest BCUT2D eigenvalue weighted by molar-refractivity contribution is 0.270. The van der Waals surface area contributed by atoms with Gasteiger partial charge in [0.15, 0.2) is 0 Å². The molecule has 1 heterocycles. The van der Waals surface area contributed by atoms with Crippen LogP contribution in [0.15, 0.2) is 24.3 Å². The fourth-order valence-corrected chi connectivity index (χ4v) is 2.03. The van der Waals surface area contributed by atoms with Crippen molar-refractivity contribution in [3.05, 3.63) is 41.3 Å². The zero-order valence-corrected chi connectivity index (χ0v) is 11.2. The molecule has 19 heavy (non-hydrogen) atoms. The number of aromatic nitrogens is 2. The van der Waals surface area contributed by atoms with E-state index in [9.17, 15) is 9.50 Å². The molecule has 0 radical (unpaired) electrons. The molecule has 0 aliphatic rings. The average molecular weight is 264 g/mol. The van der Waals surface area contributed by atoms with Crippen molar-refractivity contribution in [1.82, 2.24) is 9.78 Å². The molecule has 102 valence electrons. The number of benzene rings is 1. The molecule has 0 aliphatic heterocycles. The number of hydrogen-bond acceptors (Lipinski definition) is 3. The first-order valence-electron chi connectivity index (χ1n) is 6.11. The highest BCUT2D eigenvalue weighted by atomic mass is 19.1. The van der Waals surface area contributed by atoms with Crippen LogP contribution in [0, 0.1) is 5.82 Å². The number of aliphatic hydroxyl groups is 1. The van der Waals surface area contributed by atoms with Crippen LogP contribution < -0.4 is 4.74 Å². The van der Waals surface area contributed by atoms with Crippen molar-refractivity contribution in [2.75, 3.05) is 7.11 Å². The Labute approximate surface area is 111 Å². The summed E-state index contributed by atoms with van der Waals surface area (Å²) in [5.41, 5.74) is 2.14. The van der Waals surface area contributed by atoms with Crippen molar-refractivity contribution >= 4 is 0 Å². The molecule has 0 saturated heterocycles. The van der Waals surface area contributed by atoms with E-state index >= 15 is 0 Å². The second-order valence-electron chi connectivity index (χ2n) is 4.57. The van der Waals surface area contributed by atoms with Gasteiger partial charge in [0.25, 0.3) is 0 Å². The van der Waals surface area contributed by atoms with E-state index in [1.165, 1.54) is 19.2 Å². The molecule has 0 atom stereocenters. The van der Waals surface area contributed by atoms with Gasteiger partial charge in [-0.25, -0.2) is 9.07 Å². The summed E-state index contributed by atoms with van der Waals surface area (Å²) in [5.74, 6) is 0.344. The maximum Gasteiger partial charge on any atom is 0.222 e. The standard InChI is InChI=1S/C14H17FN2O2/c1-9(2)13-12(8-18)14(19-3)17(16-13)11-6-4-10(15)5-7-11/h4-7,9,18H,8H2,1-3H3. The van der Waals surface area contributed by atoms with Crippen molar-refractivity contribution in [3.8, 4) is 11.6 Å². The van der Waals surface area contributed by atoms with Gasteiger partial charge < -0.3 is 9.84 Å². The smallest absolute Gasteiger partial charge is 0.222 e. The maximum absolute atomic E-state index is 13.0. The first kappa shape index (κ1) is 13.5. The third-order valence-corrected chi connectivity index (χ3v) is 2.94. The van der Waals surface area contributed by atoms with E-state index in [0.717, 1.165) is 5.69 Å². The Morgan fingerprint density at radius 1 is 1.32 bits per heavy atom. The van der Waals surface area contributed by atoms with Crippen LogP contribution in [0.4, 0.5) is 4.39 Å². The molecule has 0 aliphatic carbocycles. The van der Waals surface area contributed by atoms with Gasteiger partial charge in [-0.1, -0.05) is 13.8 Å². The van der Waals surface area contributed by atoms with Gasteiger partial charge in [0.1, 0.15) is 5.82 Å². The SMILES string of the molecule is COc1c(CO)c(C(C)C)nn1-c1ccc(F)cc1. The Morgan fingerprint density at radius 2 is 1.95 bits per heavy atom. The minimum Gasteiger partial charge on any atom is -0.481 e. The molecule has 1 aromatic heterocycles. The highest BCUT2D eigenvalue weighted by Gasteiger charge is 2.20. The van der Waals surface area contributed by atoms with Gasteiger partial charge in [0.05, 0.1) is 30.7 Å². The molecule has 0 saturated carbocycles. The fourth-order valence-electron chi connectivity index (χ4n) is 2.03. The predicted molar refractivity (Wildman–Crippen MR) is 70.1 cm³/mol. The molecule has 0 unspecified atom stereocenters. The summed E-state index contributed by atoms with van der Waals surface area (Å²) in [4.78, 5) is 0. The Bertz CT molecular complexity index is 562. The molecule has 5 heteroatoms. The van der Waals surface area contributed by atoms with Crippen LogP contribution in [0.5, 0.6) is 5.88 Å². The lowest BCUT2D eigenvalue weighted by Gasteiger charge is -2.07. The van der Waals surface area contributed by atoms with Gasteiger partial charge in [-0.15, -0.1) is 0 Å². The van der Waals surface area contributed by atoms with E-state index < -0.39 is 0 Å². The van der Waals surface area contributed by atoms with Crippen molar-refractivity contribution in [2.45, 2.75) is 26.4 Å². The molecule has 1 N–H and O–H groups in total. The van der Waals surface area contributed by atoms with E-state index in [2.05, 4.69) is 5.10 Å². The Balaban J connectivity index is 2.59. The number of nitrogens with zero attached hydrogens (tertiary/aromatic N) is 2. The fraction of sp³-hybridized carbons (Fsp3) is 0.357. The maximum atomic E-state index is 13.0. The number of ether oxygens (including phenoxy) is 1. The van der Waals surface area contributed by atoms with Crippen LogP contribution in [0.3, 0.4) is 0 Å². The number of aliphatic hydroxyl groups excluding tert-OH is 1. The first-order valence-corrected chi connectivity index (χ1v) is 6.11. The monoisotopic (exact) mass is 264 g/mol. The van der Waals surface area contributed by atoms with Crippen molar-refractivity contribution in [3.63, 3.8) is 0 Å². The third kappa shape index (κ3) is 2.46. The summed E-state index contributed by atoms with van der Waals surface area (Å²) in [5, 5.41) is 14.0. The van der Waals surface area contributed by atoms with Crippen molar-refractivity contribution < 1.29 is 14.2 Å². The molecule has 0 bridgehead atoms. The molecule has 1 aromatic carbocycles. The van der Waals surface area contributed by atoms with Crippen molar-refractivity contribution in [1.29, 1.82) is 0 Å². The van der Waals surface area contributed by atoms with E-state index in [4.69, 9.17) is 4.74 Å². The third-order valence-electron chi connectivity index (χ3n) is 2.94. The van der Waals surface area contributed by atoms with E-state index in [1.54, 1.807) is 16.8 Å². The van der Waals surface area contributed by atoms with Crippen LogP contribution in [0.2, 0.25) is 0 Å². The van der Waals surface area contributed by atoms with Crippen molar-refractivity contribution in [2.24, 2.45) is 0 Å². The van der Waals surface area contributed by atoms with E-state index in [-0.39, 0.29) is 18.3 Å². The summed E-state index contributed by atoms with van der Waals surface area (Å²) < 4.78 is 19.9. The highest BCUT2D eigenvalue weighted by Crippen LogP contribution is 2.30. The predicted octanol–water partition coefficient (Wildman–Crippen LogP) is 2.64. The zero-order valence-electron chi connectivity index (χ0n) is 11.2. The van der Waals surface area contributed by atoms with Gasteiger partial charge in [0, 0.05) is 0 Å². The normalized spacial score (nSPS) is 11.1. The van der Waals surface area contributed by atoms with Crippen LogP contribution in [-0.4, -0.2) is 22.0 Å². The minimum absolute atomic E-state index is 0.141. The molecule has 2 aromatic rings. The highest BCUT2D eigenvalue weighted by molar-refractivity contribution is 5.42. The summed E-state index contributed by atoms with van der Waals surface area (Å²) >= 11 is 0. The summed E-state index contributed by atoms with van der Waals surface area (Å²) in [6.45, 7) is 3.85. The molecule has 0 amide bonds. The second kappa shape index (κ2) is 5.40. The van der Waals surface area contributed by atoms with E-state index in [1.807, 2.05) is 13.8 Å². The summed E-state index contributed by atoms with van der Waals surface area (Å²) in [6, 6.07) is 5.97. The Morgan fingerprint density at radius 3 is 2.42 bits per heavy atom. The average Bonchev–Trinajstić information content (AvgIpc) is 2.78. The minimum atomic E-state index is -0.304. The van der Waals surface area contributed by atoms with Crippen LogP contribution in [-0.2, 0) is 6.61 Å². The number of rotatable bonds is 4. The van der Waals surface area contributed by atoms with Gasteiger partial charge in [-0.2, -0.15) is 5.10 Å². The summed E-state index contributed by atoms with van der Waals surface area (Å²) in [7, 11) is 1.53. The molecule has 0 spiro atoms.